The molecule has 2 heterocycles. The van der Waals surface area contributed by atoms with Crippen LogP contribution in [0.3, 0.4) is 0 Å². The van der Waals surface area contributed by atoms with Crippen molar-refractivity contribution < 1.29 is 4.79 Å². The number of nitrogens with zero attached hydrogens (tertiary/aromatic N) is 4. The Bertz CT molecular complexity index is 699. The van der Waals surface area contributed by atoms with E-state index < -0.39 is 0 Å². The van der Waals surface area contributed by atoms with Gasteiger partial charge in [-0.05, 0) is 24.6 Å². The van der Waals surface area contributed by atoms with Gasteiger partial charge in [0.2, 0.25) is 0 Å². The van der Waals surface area contributed by atoms with Crippen molar-refractivity contribution in [1.82, 2.24) is 19.7 Å². The number of anilines is 1. The largest absolute Gasteiger partial charge is 0.323 e. The third-order valence-corrected chi connectivity index (χ3v) is 6.01. The van der Waals surface area contributed by atoms with Crippen molar-refractivity contribution in [2.45, 2.75) is 17.3 Å². The van der Waals surface area contributed by atoms with Crippen LogP contribution in [0, 0.1) is 0 Å². The molecule has 3 rings (SSSR count). The zero-order valence-electron chi connectivity index (χ0n) is 13.8. The van der Waals surface area contributed by atoms with Gasteiger partial charge < -0.3 is 14.8 Å². The van der Waals surface area contributed by atoms with Gasteiger partial charge in [0.1, 0.15) is 6.33 Å². The minimum absolute atomic E-state index is 0.0129. The zero-order valence-corrected chi connectivity index (χ0v) is 15.4. The predicted molar refractivity (Wildman–Crippen MR) is 99.6 cm³/mol. The highest BCUT2D eigenvalue weighted by Crippen LogP contribution is 2.34. The quantitative estimate of drug-likeness (QED) is 0.845. The highest BCUT2D eigenvalue weighted by atomic mass is 32.2. The molecule has 1 N–H and O–H groups in total. The molecule has 0 aliphatic carbocycles. The second-order valence-electron chi connectivity index (χ2n) is 5.64. The maximum Gasteiger partial charge on any atom is 0.321 e. The van der Waals surface area contributed by atoms with Crippen LogP contribution in [0.2, 0.25) is 0 Å². The first-order valence-electron chi connectivity index (χ1n) is 7.88. The van der Waals surface area contributed by atoms with Crippen LogP contribution in [0.15, 0.2) is 35.7 Å². The first kappa shape index (κ1) is 17.2. The molecular weight excluding hydrogens is 342 g/mol. The van der Waals surface area contributed by atoms with Crippen molar-refractivity contribution in [3.63, 3.8) is 0 Å². The number of nitrogens with one attached hydrogen (secondary N) is 1. The number of carbonyl (C=O) groups excluding carboxylic acids is 1. The molecule has 0 radical (unpaired) electrons. The van der Waals surface area contributed by atoms with Crippen LogP contribution < -0.4 is 5.32 Å². The van der Waals surface area contributed by atoms with Gasteiger partial charge in [-0.1, -0.05) is 23.9 Å². The van der Waals surface area contributed by atoms with Crippen LogP contribution in [0.25, 0.3) is 0 Å². The lowest BCUT2D eigenvalue weighted by atomic mass is 10.1. The summed E-state index contributed by atoms with van der Waals surface area (Å²) in [5.74, 6) is 2.03. The summed E-state index contributed by atoms with van der Waals surface area (Å²) < 4.78 is 1.90. The molecule has 1 aromatic heterocycles. The van der Waals surface area contributed by atoms with Gasteiger partial charge in [0.15, 0.2) is 5.16 Å². The topological polar surface area (TPSA) is 63.1 Å². The predicted octanol–water partition coefficient (Wildman–Crippen LogP) is 3.25. The Labute approximate surface area is 150 Å². The Morgan fingerprint density at radius 3 is 2.88 bits per heavy atom. The normalized spacial score (nSPS) is 16.0. The zero-order chi connectivity index (χ0) is 16.9. The standard InChI is InChI=1S/C16H21N5OS2/c1-12(24-16-19-17-11-20(16)2)13-4-3-5-14(10-13)18-15(22)21-6-8-23-9-7-21/h3-5,10-12H,6-9H2,1-2H3,(H,18,22)/t12-/m0/s1. The molecule has 6 nitrogen and oxygen atoms in total. The summed E-state index contributed by atoms with van der Waals surface area (Å²) in [5.41, 5.74) is 1.98. The molecule has 1 aromatic carbocycles. The summed E-state index contributed by atoms with van der Waals surface area (Å²) >= 11 is 3.54. The monoisotopic (exact) mass is 363 g/mol. The SMILES string of the molecule is C[C@H](Sc1nncn1C)c1cccc(NC(=O)N2CCSCC2)c1. The maximum atomic E-state index is 12.3. The number of thioether (sulfide) groups is 2. The van der Waals surface area contributed by atoms with Gasteiger partial charge in [-0.15, -0.1) is 10.2 Å². The first-order chi connectivity index (χ1) is 11.6. The molecule has 0 saturated carbocycles. The molecule has 1 atom stereocenters. The number of benzene rings is 1. The summed E-state index contributed by atoms with van der Waals surface area (Å²) in [7, 11) is 1.93. The fourth-order valence-corrected chi connectivity index (χ4v) is 4.25. The Balaban J connectivity index is 1.65. The van der Waals surface area contributed by atoms with Crippen LogP contribution in [0.4, 0.5) is 10.5 Å². The maximum absolute atomic E-state index is 12.3. The molecule has 2 amide bonds. The van der Waals surface area contributed by atoms with E-state index in [-0.39, 0.29) is 11.3 Å². The number of hydrogen-bond donors (Lipinski definition) is 1. The molecule has 0 spiro atoms. The number of rotatable bonds is 4. The van der Waals surface area contributed by atoms with Gasteiger partial charge in [-0.25, -0.2) is 4.79 Å². The van der Waals surface area contributed by atoms with Crippen LogP contribution in [-0.4, -0.2) is 50.3 Å². The number of urea groups is 1. The molecule has 128 valence electrons. The fraction of sp³-hybridized carbons (Fsp3) is 0.438. The van der Waals surface area contributed by atoms with Crippen molar-refractivity contribution in [3.8, 4) is 0 Å². The summed E-state index contributed by atoms with van der Waals surface area (Å²) in [6, 6.07) is 8.00. The van der Waals surface area contributed by atoms with Gasteiger partial charge in [0, 0.05) is 42.6 Å². The van der Waals surface area contributed by atoms with E-state index in [2.05, 4.69) is 28.5 Å². The average molecular weight is 364 g/mol. The summed E-state index contributed by atoms with van der Waals surface area (Å²) in [5, 5.41) is 12.1. The molecule has 2 aromatic rings. The van der Waals surface area contributed by atoms with Gasteiger partial charge in [-0.3, -0.25) is 0 Å². The van der Waals surface area contributed by atoms with E-state index in [1.807, 2.05) is 46.5 Å². The third-order valence-electron chi connectivity index (χ3n) is 3.86. The highest BCUT2D eigenvalue weighted by molar-refractivity contribution is 7.99. The lowest BCUT2D eigenvalue weighted by Gasteiger charge is -2.26. The van der Waals surface area contributed by atoms with E-state index in [9.17, 15) is 4.79 Å². The van der Waals surface area contributed by atoms with E-state index in [4.69, 9.17) is 0 Å². The summed E-state index contributed by atoms with van der Waals surface area (Å²) in [6.45, 7) is 3.76. The number of aryl methyl sites for hydroxylation is 1. The van der Waals surface area contributed by atoms with Crippen molar-refractivity contribution >= 4 is 35.2 Å². The van der Waals surface area contributed by atoms with Crippen molar-refractivity contribution in [1.29, 1.82) is 0 Å². The Hall–Kier alpha value is -1.67. The number of amides is 2. The van der Waals surface area contributed by atoms with E-state index >= 15 is 0 Å². The Kier molecular flexibility index (Phi) is 5.68. The average Bonchev–Trinajstić information content (AvgIpc) is 3.00. The molecule has 1 aliphatic heterocycles. The lowest BCUT2D eigenvalue weighted by molar-refractivity contribution is 0.217. The molecule has 0 bridgehead atoms. The van der Waals surface area contributed by atoms with Crippen molar-refractivity contribution in [2.24, 2.45) is 7.05 Å². The highest BCUT2D eigenvalue weighted by Gasteiger charge is 2.17. The van der Waals surface area contributed by atoms with Gasteiger partial charge in [-0.2, -0.15) is 11.8 Å². The fourth-order valence-electron chi connectivity index (χ4n) is 2.44. The van der Waals surface area contributed by atoms with E-state index in [0.29, 0.717) is 0 Å². The Morgan fingerprint density at radius 2 is 2.17 bits per heavy atom. The third kappa shape index (κ3) is 4.24. The molecule has 8 heteroatoms. The smallest absolute Gasteiger partial charge is 0.321 e. The molecule has 1 saturated heterocycles. The first-order valence-corrected chi connectivity index (χ1v) is 9.91. The summed E-state index contributed by atoms with van der Waals surface area (Å²) in [4.78, 5) is 14.2. The minimum Gasteiger partial charge on any atom is -0.323 e. The van der Waals surface area contributed by atoms with Crippen molar-refractivity contribution in [3.05, 3.63) is 36.2 Å². The molecule has 24 heavy (non-hydrogen) atoms. The van der Waals surface area contributed by atoms with Gasteiger partial charge >= 0.3 is 6.03 Å². The lowest BCUT2D eigenvalue weighted by Crippen LogP contribution is -2.40. The van der Waals surface area contributed by atoms with Crippen molar-refractivity contribution in [2.75, 3.05) is 29.9 Å². The molecular formula is C16H21N5OS2. The van der Waals surface area contributed by atoms with Gasteiger partial charge in [0.05, 0.1) is 0 Å². The number of hydrogen-bond acceptors (Lipinski definition) is 5. The number of carbonyl (C=O) groups is 1. The Morgan fingerprint density at radius 1 is 1.38 bits per heavy atom. The molecule has 1 aliphatic rings. The van der Waals surface area contributed by atoms with Crippen LogP contribution in [-0.2, 0) is 7.05 Å². The van der Waals surface area contributed by atoms with Crippen LogP contribution >= 0.6 is 23.5 Å². The minimum atomic E-state index is -0.0129. The second-order valence-corrected chi connectivity index (χ2v) is 8.17. The van der Waals surface area contributed by atoms with Crippen LogP contribution in [0.5, 0.6) is 0 Å². The molecule has 0 unspecified atom stereocenters. The van der Waals surface area contributed by atoms with E-state index in [1.165, 1.54) is 0 Å². The van der Waals surface area contributed by atoms with E-state index in [1.54, 1.807) is 18.1 Å². The van der Waals surface area contributed by atoms with E-state index in [0.717, 1.165) is 41.0 Å². The second kappa shape index (κ2) is 7.94. The van der Waals surface area contributed by atoms with Gasteiger partial charge in [0.25, 0.3) is 0 Å². The van der Waals surface area contributed by atoms with Crippen LogP contribution in [0.1, 0.15) is 17.7 Å². The molecule has 1 fully saturated rings. The summed E-state index contributed by atoms with van der Waals surface area (Å²) in [6.07, 6.45) is 1.70. The number of aromatic nitrogens is 3.